The summed E-state index contributed by atoms with van der Waals surface area (Å²) in [5.41, 5.74) is 144. The lowest BCUT2D eigenvalue weighted by molar-refractivity contribution is 2.10. The molecule has 0 N–H and O–H groups in total. The van der Waals surface area contributed by atoms with E-state index in [1.165, 1.54) is 0 Å². The maximum absolute atomic E-state index is 3.31. The smallest absolute Gasteiger partial charge is 0 e. The van der Waals surface area contributed by atoms with Crippen molar-refractivity contribution in [3.63, 3.8) is 0 Å². The minimum Gasteiger partial charge on any atom is -0.0687 e. The fourth-order valence-corrected chi connectivity index (χ4v) is 1.78. The predicted octanol–water partition coefficient (Wildman–Crippen LogP) is 9.80. The Balaban J connectivity index is 6.11. The highest BCUT2D eigenvalue weighted by Gasteiger charge is 1.46. The lowest BCUT2D eigenvalue weighted by Gasteiger charge is -1.41. The van der Waals surface area contributed by atoms with E-state index in [1.54, 1.807) is 0 Å². The summed E-state index contributed by atoms with van der Waals surface area (Å²) in [7, 11) is 0. The number of rotatable bonds is 0. The fraction of sp³-hybridized carbons (Fsp3) is 0. The first-order valence-corrected chi connectivity index (χ1v) is 15.0. The van der Waals surface area contributed by atoms with Crippen LogP contribution in [0.25, 0.3) is 0 Å². The highest BCUT2D eigenvalue weighted by molar-refractivity contribution is 4.98. The fourth-order valence-electron chi connectivity index (χ4n) is 1.78. The lowest BCUT2D eigenvalue weighted by atomic mass is 10.6. The van der Waals surface area contributed by atoms with Gasteiger partial charge in [-0.2, -0.15) is 0 Å². The molecule has 0 fully saturated rings. The second-order valence-electron chi connectivity index (χ2n) is 7.35. The van der Waals surface area contributed by atoms with Crippen molar-refractivity contribution in [3.8, 4) is 0 Å². The average Bonchev–Trinajstić information content (AvgIpc) is 3.26. The van der Waals surface area contributed by atoms with Crippen molar-refractivity contribution < 1.29 is 0 Å². The van der Waals surface area contributed by atoms with Gasteiger partial charge in [0.15, 0.2) is 0 Å². The first kappa shape index (κ1) is 47.0. The Morgan fingerprint density at radius 3 is 0.183 bits per heavy atom. The Hall–Kier alpha value is -13.0. The predicted molar refractivity (Wildman–Crippen MR) is 215 cm³/mol. The van der Waals surface area contributed by atoms with Gasteiger partial charge in [-0.3, -0.25) is 0 Å². The number of hydrogen-bond acceptors (Lipinski definition) is 0. The van der Waals surface area contributed by atoms with Gasteiger partial charge < -0.3 is 0 Å². The Morgan fingerprint density at radius 1 is 0.0833 bits per heavy atom. The summed E-state index contributed by atoms with van der Waals surface area (Å²) in [6.45, 7) is 6.63. The molecule has 0 unspecified atom stereocenters. The maximum atomic E-state index is 3.31. The third kappa shape index (κ3) is 45.0. The van der Waals surface area contributed by atoms with Crippen LogP contribution in [0.15, 0.2) is 346 Å². The molecule has 0 spiro atoms. The zero-order chi connectivity index (χ0) is 43.0. The maximum Gasteiger partial charge on any atom is 0 e. The van der Waals surface area contributed by atoms with Gasteiger partial charge in [-0.15, -0.1) is 0 Å². The molecule has 0 aromatic heterocycles. The summed E-state index contributed by atoms with van der Waals surface area (Å²) >= 11 is 0. The highest BCUT2D eigenvalue weighted by atomic mass is 13.5. The minimum atomic E-state index is 2.37. The van der Waals surface area contributed by atoms with Crippen LogP contribution in [0.4, 0.5) is 0 Å². The van der Waals surface area contributed by atoms with Crippen LogP contribution in [0.3, 0.4) is 0 Å². The van der Waals surface area contributed by atoms with E-state index < -0.39 is 0 Å². The lowest BCUT2D eigenvalue weighted by Crippen LogP contribution is -1.26. The van der Waals surface area contributed by atoms with E-state index >= 15 is 0 Å². The molecule has 0 heterocycles. The Kier molecular flexibility index (Phi) is 36.0. The molecule has 0 saturated carbocycles. The summed E-state index contributed by atoms with van der Waals surface area (Å²) in [6.07, 6.45) is 0. The topological polar surface area (TPSA) is 0 Å². The van der Waals surface area contributed by atoms with E-state index in [9.17, 15) is 0 Å². The van der Waals surface area contributed by atoms with E-state index in [1.807, 2.05) is 0 Å². The molecular formula is C60H4. The van der Waals surface area contributed by atoms with Gasteiger partial charge in [0.25, 0.3) is 0 Å². The Labute approximate surface area is 344 Å². The molecule has 0 aliphatic rings. The molecule has 244 valence electrons. The van der Waals surface area contributed by atoms with Crippen LogP contribution in [0.5, 0.6) is 0 Å². The molecule has 0 radical (unpaired) electrons. The second kappa shape index (κ2) is 46.0. The van der Waals surface area contributed by atoms with Gasteiger partial charge in [0, 0.05) is 229 Å². The van der Waals surface area contributed by atoms with E-state index in [4.69, 9.17) is 0 Å². The Bertz CT molecular complexity index is 4010. The van der Waals surface area contributed by atoms with Crippen molar-refractivity contribution in [2.45, 2.75) is 0 Å². The number of hydrogen-bond donors (Lipinski definition) is 0. The van der Waals surface area contributed by atoms with Crippen molar-refractivity contribution in [2.75, 3.05) is 0 Å². The van der Waals surface area contributed by atoms with E-state index in [2.05, 4.69) is 346 Å². The van der Waals surface area contributed by atoms with Crippen LogP contribution < -0.4 is 0 Å². The van der Waals surface area contributed by atoms with Gasteiger partial charge in [0.2, 0.25) is 0 Å². The molecule has 0 aromatic rings. The molecule has 0 atom stereocenters. The molecule has 0 aliphatic carbocycles. The van der Waals surface area contributed by atoms with Crippen LogP contribution in [-0.4, -0.2) is 0 Å². The first-order chi connectivity index (χ1) is 29.9. The van der Waals surface area contributed by atoms with Gasteiger partial charge in [0.1, 0.15) is 0 Å². The first-order valence-electron chi connectivity index (χ1n) is 15.0. The molecule has 0 bridgehead atoms. The minimum absolute atomic E-state index is 2.37. The third-order valence-corrected chi connectivity index (χ3v) is 3.61. The second-order valence-corrected chi connectivity index (χ2v) is 7.35. The SMILES string of the molecule is C=C=C=C=C=C=C=C=C=C=C=C=C=C=C=C=C=C=C=C=C=C=C=C=C=C=C=C=C=C=C=C=C=C=C=C=C=C=C=C=C=C=C=C=C=C=C=C=C=C=C=C=C=C=C=C=C=C=C=C. The van der Waals surface area contributed by atoms with Crippen molar-refractivity contribution in [1.29, 1.82) is 0 Å². The summed E-state index contributed by atoms with van der Waals surface area (Å²) < 4.78 is 0. The molecule has 60 heavy (non-hydrogen) atoms. The van der Waals surface area contributed by atoms with Crippen molar-refractivity contribution in [2.24, 2.45) is 0 Å². The van der Waals surface area contributed by atoms with Crippen LogP contribution in [0.2, 0.25) is 0 Å². The van der Waals surface area contributed by atoms with Crippen LogP contribution in [-0.2, 0) is 0 Å². The molecule has 0 amide bonds. The zero-order valence-electron chi connectivity index (χ0n) is 30.4. The summed E-state index contributed by atoms with van der Waals surface area (Å²) in [4.78, 5) is 0. The molecule has 0 heteroatoms. The quantitative estimate of drug-likeness (QED) is 0.219. The molecule has 0 saturated heterocycles. The van der Waals surface area contributed by atoms with Gasteiger partial charge in [-0.25, -0.2) is 0 Å². The highest BCUT2D eigenvalue weighted by Crippen LogP contribution is 1.62. The standard InChI is InChI=1S/C60H4/c1-3-5-7-9-11-13-15-17-19-21-23-25-27-29-31-33-35-37-39-41-43-45-47-49-51-53-55-57-59-60-58-56-54-52-50-48-46-44-42-40-38-36-34-32-30-28-26-24-22-20-18-16-14-12-10-8-6-4-2/h1-2H2. The molecule has 0 aliphatic heterocycles. The summed E-state index contributed by atoms with van der Waals surface area (Å²) in [6, 6.07) is 0. The molecule has 0 aromatic carbocycles. The average molecular weight is 725 g/mol. The van der Waals surface area contributed by atoms with Crippen molar-refractivity contribution >= 4 is 0 Å². The van der Waals surface area contributed by atoms with E-state index in [0.29, 0.717) is 0 Å². The Morgan fingerprint density at radius 2 is 0.133 bits per heavy atom. The summed E-state index contributed by atoms with van der Waals surface area (Å²) in [5.74, 6) is 0. The van der Waals surface area contributed by atoms with Crippen LogP contribution in [0.1, 0.15) is 0 Å². The molecule has 0 nitrogen and oxygen atoms in total. The summed E-state index contributed by atoms with van der Waals surface area (Å²) in [5, 5.41) is 0. The van der Waals surface area contributed by atoms with Gasteiger partial charge >= 0.3 is 0 Å². The third-order valence-electron chi connectivity index (χ3n) is 3.61. The van der Waals surface area contributed by atoms with E-state index in [0.717, 1.165) is 0 Å². The molecule has 0 rings (SSSR count). The zero-order valence-corrected chi connectivity index (χ0v) is 30.4. The normalized spacial score (nSPS) is 3.93. The van der Waals surface area contributed by atoms with Crippen molar-refractivity contribution in [1.82, 2.24) is 0 Å². The van der Waals surface area contributed by atoms with Gasteiger partial charge in [0.05, 0.1) is 0 Å². The largest absolute Gasteiger partial charge is 0.0687 e. The van der Waals surface area contributed by atoms with E-state index in [-0.39, 0.29) is 0 Å². The van der Waals surface area contributed by atoms with Crippen molar-refractivity contribution in [3.05, 3.63) is 346 Å². The monoisotopic (exact) mass is 724 g/mol. The van der Waals surface area contributed by atoms with Gasteiger partial charge in [-0.05, 0) is 105 Å². The van der Waals surface area contributed by atoms with Gasteiger partial charge in [-0.1, -0.05) is 11.5 Å². The molecular weight excluding hydrogens is 721 g/mol. The van der Waals surface area contributed by atoms with Crippen LogP contribution in [0, 0.1) is 0 Å². The van der Waals surface area contributed by atoms with Crippen LogP contribution >= 0.6 is 0 Å².